The Morgan fingerprint density at radius 2 is 1.85 bits per heavy atom. The van der Waals surface area contributed by atoms with Crippen LogP contribution in [0.5, 0.6) is 5.75 Å². The van der Waals surface area contributed by atoms with E-state index >= 15 is 0 Å². The first kappa shape index (κ1) is 23.2. The first-order valence-electron chi connectivity index (χ1n) is 11.0. The van der Waals surface area contributed by atoms with E-state index in [0.717, 1.165) is 23.2 Å². The van der Waals surface area contributed by atoms with Gasteiger partial charge in [0, 0.05) is 25.0 Å². The molecule has 0 spiro atoms. The number of aromatic nitrogens is 2. The molecule has 0 bridgehead atoms. The molecule has 178 valence electrons. The number of fused-ring (bicyclic) bond motifs is 1. The van der Waals surface area contributed by atoms with E-state index in [9.17, 15) is 9.18 Å². The van der Waals surface area contributed by atoms with Gasteiger partial charge in [0.15, 0.2) is 11.6 Å². The second kappa shape index (κ2) is 9.92. The van der Waals surface area contributed by atoms with Gasteiger partial charge in [-0.25, -0.2) is 14.8 Å². The van der Waals surface area contributed by atoms with Crippen molar-refractivity contribution in [2.24, 2.45) is 0 Å². The van der Waals surface area contributed by atoms with E-state index in [2.05, 4.69) is 31.3 Å². The number of benzene rings is 2. The molecule has 0 fully saturated rings. The molecule has 9 nitrogen and oxygen atoms in total. The summed E-state index contributed by atoms with van der Waals surface area (Å²) in [5.74, 6) is 0.349. The van der Waals surface area contributed by atoms with Crippen LogP contribution in [0.2, 0.25) is 0 Å². The number of nitrogens with one attached hydrogen (secondary N) is 4. The number of hydrogen-bond donors (Lipinski definition) is 4. The van der Waals surface area contributed by atoms with Gasteiger partial charge in [0.2, 0.25) is 11.9 Å². The summed E-state index contributed by atoms with van der Waals surface area (Å²) < 4.78 is 20.0. The molecule has 4 N–H and O–H groups in total. The third kappa shape index (κ3) is 5.18. The van der Waals surface area contributed by atoms with Gasteiger partial charge in [-0.2, -0.15) is 4.98 Å². The summed E-state index contributed by atoms with van der Waals surface area (Å²) in [6.45, 7) is 6.35. The number of rotatable bonds is 8. The molecule has 1 unspecified atom stereocenters. The van der Waals surface area contributed by atoms with E-state index in [1.54, 1.807) is 19.2 Å². The second-order valence-corrected chi connectivity index (χ2v) is 8.17. The van der Waals surface area contributed by atoms with Crippen LogP contribution in [0.3, 0.4) is 0 Å². The molecule has 1 aliphatic rings. The van der Waals surface area contributed by atoms with Crippen LogP contribution in [0, 0.1) is 5.82 Å². The fourth-order valence-electron chi connectivity index (χ4n) is 3.61. The quantitative estimate of drug-likeness (QED) is 0.398. The van der Waals surface area contributed by atoms with Gasteiger partial charge in [0.1, 0.15) is 11.8 Å². The Bertz CT molecular complexity index is 1170. The molecular weight excluding hydrogens is 437 g/mol. The van der Waals surface area contributed by atoms with Gasteiger partial charge in [-0.1, -0.05) is 6.07 Å². The van der Waals surface area contributed by atoms with Gasteiger partial charge < -0.3 is 20.7 Å². The Kier molecular flexibility index (Phi) is 6.78. The van der Waals surface area contributed by atoms with Crippen LogP contribution >= 0.6 is 0 Å². The molecule has 1 aromatic heterocycles. The molecule has 1 atom stereocenters. The van der Waals surface area contributed by atoms with Crippen molar-refractivity contribution in [1.29, 1.82) is 0 Å². The summed E-state index contributed by atoms with van der Waals surface area (Å²) in [7, 11) is 1.61. The predicted molar refractivity (Wildman–Crippen MR) is 130 cm³/mol. The lowest BCUT2D eigenvalue weighted by atomic mass is 10.1. The lowest BCUT2D eigenvalue weighted by molar-refractivity contribution is -0.121. The highest BCUT2D eigenvalue weighted by Gasteiger charge is 2.27. The largest absolute Gasteiger partial charge is 0.491 e. The average Bonchev–Trinajstić information content (AvgIpc) is 3.24. The summed E-state index contributed by atoms with van der Waals surface area (Å²) in [6.07, 6.45) is 1.18. The van der Waals surface area contributed by atoms with Gasteiger partial charge in [-0.3, -0.25) is 9.80 Å². The molecule has 0 saturated heterocycles. The number of carbonyl (C=O) groups is 1. The van der Waals surface area contributed by atoms with E-state index < -0.39 is 11.9 Å². The summed E-state index contributed by atoms with van der Waals surface area (Å²) in [5, 5.41) is 10.6. The summed E-state index contributed by atoms with van der Waals surface area (Å²) >= 11 is 0. The van der Waals surface area contributed by atoms with Crippen molar-refractivity contribution in [2.45, 2.75) is 39.5 Å². The number of anilines is 5. The number of halogens is 1. The van der Waals surface area contributed by atoms with Crippen molar-refractivity contribution in [1.82, 2.24) is 20.7 Å². The third-order valence-electron chi connectivity index (χ3n) is 5.29. The standard InChI is InChI=1S/C24H28FN7O2/c1-14(2)34-19-9-7-17(8-10-19)29-22-20(25)13-27-24(31-22)30-18-6-5-16-12-28-32(21(16)11-18)15(3)23(33)26-4/h5-11,13-15,28H,12H2,1-4H3,(H,26,33)(H2,27,29,30,31). The highest BCUT2D eigenvalue weighted by atomic mass is 19.1. The van der Waals surface area contributed by atoms with Crippen LogP contribution < -0.4 is 31.1 Å². The van der Waals surface area contributed by atoms with E-state index in [4.69, 9.17) is 4.74 Å². The molecule has 0 radical (unpaired) electrons. The van der Waals surface area contributed by atoms with Crippen LogP contribution in [0.25, 0.3) is 0 Å². The SMILES string of the molecule is CNC(=O)C(C)N1NCc2ccc(Nc3ncc(F)c(Nc4ccc(OC(C)C)cc4)n3)cc21. The van der Waals surface area contributed by atoms with Gasteiger partial charge >= 0.3 is 0 Å². The summed E-state index contributed by atoms with van der Waals surface area (Å²) in [4.78, 5) is 20.4. The fourth-order valence-corrected chi connectivity index (χ4v) is 3.61. The minimum atomic E-state index is -0.572. The molecule has 1 aliphatic heterocycles. The van der Waals surface area contributed by atoms with E-state index in [1.807, 2.05) is 56.1 Å². The van der Waals surface area contributed by atoms with Gasteiger partial charge in [-0.05, 0) is 62.7 Å². The van der Waals surface area contributed by atoms with E-state index in [1.165, 1.54) is 0 Å². The molecule has 1 amide bonds. The highest BCUT2D eigenvalue weighted by molar-refractivity contribution is 5.85. The molecule has 2 aromatic carbocycles. The number of amides is 1. The lowest BCUT2D eigenvalue weighted by Crippen LogP contribution is -2.48. The zero-order chi connectivity index (χ0) is 24.2. The Morgan fingerprint density at radius 1 is 1.12 bits per heavy atom. The Morgan fingerprint density at radius 3 is 2.56 bits per heavy atom. The summed E-state index contributed by atoms with van der Waals surface area (Å²) in [6, 6.07) is 12.6. The number of hydrazine groups is 1. The fraction of sp³-hybridized carbons (Fsp3) is 0.292. The molecule has 10 heteroatoms. The maximum Gasteiger partial charge on any atom is 0.243 e. The summed E-state index contributed by atoms with van der Waals surface area (Å²) in [5.41, 5.74) is 6.56. The van der Waals surface area contributed by atoms with Crippen molar-refractivity contribution in [2.75, 3.05) is 22.7 Å². The number of ether oxygens (including phenoxy) is 1. The molecule has 3 aromatic rings. The normalized spacial score (nSPS) is 13.4. The van der Waals surface area contributed by atoms with Crippen LogP contribution in [0.4, 0.5) is 33.2 Å². The minimum absolute atomic E-state index is 0.0488. The molecule has 4 rings (SSSR count). The topological polar surface area (TPSA) is 103 Å². The first-order valence-corrected chi connectivity index (χ1v) is 11.0. The zero-order valence-electron chi connectivity index (χ0n) is 19.5. The number of nitrogens with zero attached hydrogens (tertiary/aromatic N) is 3. The van der Waals surface area contributed by atoms with Crippen LogP contribution in [-0.4, -0.2) is 35.1 Å². The monoisotopic (exact) mass is 465 g/mol. The third-order valence-corrected chi connectivity index (χ3v) is 5.29. The molecular formula is C24H28FN7O2. The molecule has 0 aliphatic carbocycles. The van der Waals surface area contributed by atoms with Crippen molar-refractivity contribution in [3.8, 4) is 5.75 Å². The van der Waals surface area contributed by atoms with Crippen LogP contribution in [-0.2, 0) is 11.3 Å². The van der Waals surface area contributed by atoms with Crippen LogP contribution in [0.15, 0.2) is 48.7 Å². The maximum absolute atomic E-state index is 14.4. The maximum atomic E-state index is 14.4. The Balaban J connectivity index is 1.50. The molecule has 2 heterocycles. The molecule has 34 heavy (non-hydrogen) atoms. The number of hydrogen-bond acceptors (Lipinski definition) is 8. The molecule has 0 saturated carbocycles. The van der Waals surface area contributed by atoms with Crippen molar-refractivity contribution >= 4 is 34.7 Å². The predicted octanol–water partition coefficient (Wildman–Crippen LogP) is 3.85. The Hall–Kier alpha value is -3.92. The van der Waals surface area contributed by atoms with Crippen LogP contribution in [0.1, 0.15) is 26.3 Å². The lowest BCUT2D eigenvalue weighted by Gasteiger charge is -2.25. The van der Waals surface area contributed by atoms with E-state index in [-0.39, 0.29) is 23.8 Å². The number of carbonyl (C=O) groups excluding carboxylic acids is 1. The van der Waals surface area contributed by atoms with E-state index in [0.29, 0.717) is 17.9 Å². The second-order valence-electron chi connectivity index (χ2n) is 8.17. The van der Waals surface area contributed by atoms with Gasteiger partial charge in [-0.15, -0.1) is 0 Å². The smallest absolute Gasteiger partial charge is 0.243 e. The van der Waals surface area contributed by atoms with Gasteiger partial charge in [0.25, 0.3) is 0 Å². The van der Waals surface area contributed by atoms with Gasteiger partial charge in [0.05, 0.1) is 18.0 Å². The number of likely N-dealkylation sites (N-methyl/N-ethyl adjacent to an activating group) is 1. The average molecular weight is 466 g/mol. The minimum Gasteiger partial charge on any atom is -0.491 e. The van der Waals surface area contributed by atoms with Crippen molar-refractivity contribution in [3.05, 3.63) is 60.0 Å². The van der Waals surface area contributed by atoms with Crippen molar-refractivity contribution in [3.63, 3.8) is 0 Å². The highest BCUT2D eigenvalue weighted by Crippen LogP contribution is 2.31. The first-order chi connectivity index (χ1) is 16.3. The van der Waals surface area contributed by atoms with Crippen molar-refractivity contribution < 1.29 is 13.9 Å². The Labute approximate surface area is 197 Å². The zero-order valence-corrected chi connectivity index (χ0v) is 19.5.